The molecule has 0 bridgehead atoms. The van der Waals surface area contributed by atoms with Gasteiger partial charge in [0.1, 0.15) is 6.17 Å². The first-order chi connectivity index (χ1) is 6.71. The highest BCUT2D eigenvalue weighted by molar-refractivity contribution is 5.85. The van der Waals surface area contributed by atoms with E-state index in [1.165, 1.54) is 5.56 Å². The molecule has 0 saturated carbocycles. The number of piperidine rings is 1. The van der Waals surface area contributed by atoms with Crippen molar-refractivity contribution in [2.24, 2.45) is 0 Å². The molecule has 0 aromatic heterocycles. The Morgan fingerprint density at radius 2 is 2.00 bits per heavy atom. The Labute approximate surface area is 96.5 Å². The van der Waals surface area contributed by atoms with E-state index in [2.05, 4.69) is 24.4 Å². The second kappa shape index (κ2) is 4.95. The first-order valence-corrected chi connectivity index (χ1v) is 5.15. The van der Waals surface area contributed by atoms with E-state index in [0.717, 1.165) is 6.54 Å². The van der Waals surface area contributed by atoms with Crippen molar-refractivity contribution in [1.29, 1.82) is 0 Å². The topological polar surface area (TPSA) is 12.0 Å². The third kappa shape index (κ3) is 2.70. The van der Waals surface area contributed by atoms with Crippen LogP contribution in [-0.4, -0.2) is 12.7 Å². The van der Waals surface area contributed by atoms with E-state index in [1.807, 2.05) is 18.2 Å². The maximum Gasteiger partial charge on any atom is 0.103 e. The predicted molar refractivity (Wildman–Crippen MR) is 63.2 cm³/mol. The number of hydrogen-bond acceptors (Lipinski definition) is 1. The molecular formula is C12H17ClFN. The zero-order chi connectivity index (χ0) is 10.0. The van der Waals surface area contributed by atoms with Gasteiger partial charge in [0, 0.05) is 12.0 Å². The molecule has 3 heteroatoms. The van der Waals surface area contributed by atoms with Crippen molar-refractivity contribution in [2.45, 2.75) is 31.5 Å². The molecule has 1 saturated heterocycles. The van der Waals surface area contributed by atoms with E-state index >= 15 is 0 Å². The van der Waals surface area contributed by atoms with E-state index < -0.39 is 6.17 Å². The van der Waals surface area contributed by atoms with Crippen molar-refractivity contribution < 1.29 is 4.39 Å². The van der Waals surface area contributed by atoms with E-state index in [-0.39, 0.29) is 17.9 Å². The van der Waals surface area contributed by atoms with E-state index in [9.17, 15) is 4.39 Å². The van der Waals surface area contributed by atoms with Gasteiger partial charge in [-0.1, -0.05) is 30.3 Å². The van der Waals surface area contributed by atoms with Gasteiger partial charge in [-0.15, -0.1) is 12.4 Å². The van der Waals surface area contributed by atoms with Gasteiger partial charge in [-0.05, 0) is 25.5 Å². The zero-order valence-corrected chi connectivity index (χ0v) is 9.69. The second-order valence-electron chi connectivity index (χ2n) is 4.21. The van der Waals surface area contributed by atoms with Gasteiger partial charge < -0.3 is 5.32 Å². The lowest BCUT2D eigenvalue weighted by Crippen LogP contribution is -2.46. The first kappa shape index (κ1) is 12.5. The molecule has 0 spiro atoms. The first-order valence-electron chi connectivity index (χ1n) is 5.15. The summed E-state index contributed by atoms with van der Waals surface area (Å²) < 4.78 is 13.3. The Morgan fingerprint density at radius 3 is 2.60 bits per heavy atom. The summed E-state index contributed by atoms with van der Waals surface area (Å²) in [5.41, 5.74) is 1.00. The van der Waals surface area contributed by atoms with E-state index in [4.69, 9.17) is 0 Å². The molecular weight excluding hydrogens is 213 g/mol. The van der Waals surface area contributed by atoms with E-state index in [1.54, 1.807) is 0 Å². The fourth-order valence-electron chi connectivity index (χ4n) is 2.15. The highest BCUT2D eigenvalue weighted by atomic mass is 35.5. The van der Waals surface area contributed by atoms with Crippen molar-refractivity contribution >= 4 is 12.4 Å². The van der Waals surface area contributed by atoms with Crippen LogP contribution >= 0.6 is 12.4 Å². The summed E-state index contributed by atoms with van der Waals surface area (Å²) in [5, 5.41) is 3.40. The summed E-state index contributed by atoms with van der Waals surface area (Å²) in [5.74, 6) is 0. The molecule has 1 aromatic rings. The van der Waals surface area contributed by atoms with Gasteiger partial charge in [-0.2, -0.15) is 0 Å². The molecule has 1 aromatic carbocycles. The third-order valence-electron chi connectivity index (χ3n) is 3.01. The van der Waals surface area contributed by atoms with Crippen LogP contribution in [0.25, 0.3) is 0 Å². The van der Waals surface area contributed by atoms with Crippen LogP contribution in [0.2, 0.25) is 0 Å². The number of rotatable bonds is 1. The average molecular weight is 230 g/mol. The van der Waals surface area contributed by atoms with Gasteiger partial charge in [0.2, 0.25) is 0 Å². The molecule has 15 heavy (non-hydrogen) atoms. The molecule has 2 atom stereocenters. The highest BCUT2D eigenvalue weighted by Crippen LogP contribution is 2.30. The summed E-state index contributed by atoms with van der Waals surface area (Å²) >= 11 is 0. The molecule has 1 fully saturated rings. The van der Waals surface area contributed by atoms with Crippen LogP contribution in [0.1, 0.15) is 25.3 Å². The molecule has 1 aliphatic rings. The Kier molecular flexibility index (Phi) is 4.12. The lowest BCUT2D eigenvalue weighted by atomic mass is 9.83. The Morgan fingerprint density at radius 1 is 1.33 bits per heavy atom. The van der Waals surface area contributed by atoms with Crippen LogP contribution in [0.4, 0.5) is 4.39 Å². The monoisotopic (exact) mass is 229 g/mol. The van der Waals surface area contributed by atoms with E-state index in [0.29, 0.717) is 12.8 Å². The zero-order valence-electron chi connectivity index (χ0n) is 8.87. The number of hydrogen-bond donors (Lipinski definition) is 1. The van der Waals surface area contributed by atoms with Crippen LogP contribution in [0.5, 0.6) is 0 Å². The SMILES string of the molecule is CC1(c2ccccc2)CC(F)CCN1.Cl. The Bertz CT molecular complexity index is 304. The number of alkyl halides is 1. The van der Waals surface area contributed by atoms with Crippen molar-refractivity contribution in [3.8, 4) is 0 Å². The summed E-state index contributed by atoms with van der Waals surface area (Å²) in [6, 6.07) is 10.1. The van der Waals surface area contributed by atoms with Gasteiger partial charge in [-0.25, -0.2) is 4.39 Å². The maximum atomic E-state index is 13.3. The molecule has 2 unspecified atom stereocenters. The number of nitrogens with one attached hydrogen (secondary N) is 1. The number of halogens is 2. The molecule has 84 valence electrons. The quantitative estimate of drug-likeness (QED) is 0.781. The summed E-state index contributed by atoms with van der Waals surface area (Å²) in [6.07, 6.45) is 0.556. The summed E-state index contributed by atoms with van der Waals surface area (Å²) in [6.45, 7) is 2.85. The maximum absolute atomic E-state index is 13.3. The lowest BCUT2D eigenvalue weighted by Gasteiger charge is -2.37. The Hall–Kier alpha value is -0.600. The Balaban J connectivity index is 0.00000112. The van der Waals surface area contributed by atoms with Crippen LogP contribution in [0.15, 0.2) is 30.3 Å². The van der Waals surface area contributed by atoms with Crippen molar-refractivity contribution in [1.82, 2.24) is 5.32 Å². The fraction of sp³-hybridized carbons (Fsp3) is 0.500. The molecule has 1 nitrogen and oxygen atoms in total. The van der Waals surface area contributed by atoms with Gasteiger partial charge >= 0.3 is 0 Å². The van der Waals surface area contributed by atoms with Gasteiger partial charge in [0.25, 0.3) is 0 Å². The summed E-state index contributed by atoms with van der Waals surface area (Å²) in [4.78, 5) is 0. The molecule has 1 aliphatic heterocycles. The second-order valence-corrected chi connectivity index (χ2v) is 4.21. The minimum atomic E-state index is -0.665. The lowest BCUT2D eigenvalue weighted by molar-refractivity contribution is 0.165. The van der Waals surface area contributed by atoms with Gasteiger partial charge in [-0.3, -0.25) is 0 Å². The fourth-order valence-corrected chi connectivity index (χ4v) is 2.15. The third-order valence-corrected chi connectivity index (χ3v) is 3.01. The minimum absolute atomic E-state index is 0. The largest absolute Gasteiger partial charge is 0.307 e. The normalized spacial score (nSPS) is 30.7. The minimum Gasteiger partial charge on any atom is -0.307 e. The summed E-state index contributed by atoms with van der Waals surface area (Å²) in [7, 11) is 0. The molecule has 0 amide bonds. The predicted octanol–water partition coefficient (Wildman–Crippen LogP) is 3.05. The molecule has 1 N–H and O–H groups in total. The van der Waals surface area contributed by atoms with Gasteiger partial charge in [0.05, 0.1) is 0 Å². The van der Waals surface area contributed by atoms with Crippen LogP contribution in [0, 0.1) is 0 Å². The molecule has 0 aliphatic carbocycles. The van der Waals surface area contributed by atoms with Crippen molar-refractivity contribution in [2.75, 3.05) is 6.54 Å². The molecule has 1 heterocycles. The number of benzene rings is 1. The smallest absolute Gasteiger partial charge is 0.103 e. The van der Waals surface area contributed by atoms with Crippen LogP contribution in [0.3, 0.4) is 0 Å². The molecule has 2 rings (SSSR count). The molecule has 0 radical (unpaired) electrons. The van der Waals surface area contributed by atoms with Crippen molar-refractivity contribution in [3.63, 3.8) is 0 Å². The standard InChI is InChI=1S/C12H16FN.ClH/c1-12(9-11(13)7-8-14-12)10-5-3-2-4-6-10;/h2-6,11,14H,7-9H2,1H3;1H. The van der Waals surface area contributed by atoms with Crippen molar-refractivity contribution in [3.05, 3.63) is 35.9 Å². The van der Waals surface area contributed by atoms with Crippen LogP contribution in [-0.2, 0) is 5.54 Å². The highest BCUT2D eigenvalue weighted by Gasteiger charge is 2.32. The van der Waals surface area contributed by atoms with Crippen LogP contribution < -0.4 is 5.32 Å². The average Bonchev–Trinajstić information content (AvgIpc) is 2.19. The van der Waals surface area contributed by atoms with Gasteiger partial charge in [0.15, 0.2) is 0 Å².